The molecule has 0 aliphatic heterocycles. The summed E-state index contributed by atoms with van der Waals surface area (Å²) in [6.45, 7) is 1.21. The van der Waals surface area contributed by atoms with Crippen LogP contribution in [-0.2, 0) is 0 Å². The van der Waals surface area contributed by atoms with Gasteiger partial charge in [-0.3, -0.25) is 15.4 Å². The van der Waals surface area contributed by atoms with Crippen LogP contribution in [-0.4, -0.2) is 42.3 Å². The maximum atomic E-state index is 7.35. The summed E-state index contributed by atoms with van der Waals surface area (Å²) in [5.74, 6) is 1.33. The summed E-state index contributed by atoms with van der Waals surface area (Å²) in [5, 5.41) is 14.5. The molecule has 8 heteroatoms. The van der Waals surface area contributed by atoms with Crippen LogP contribution < -0.4 is 20.9 Å². The van der Waals surface area contributed by atoms with Gasteiger partial charge in [-0.05, 0) is 38.4 Å². The van der Waals surface area contributed by atoms with Gasteiger partial charge < -0.3 is 26.4 Å². The van der Waals surface area contributed by atoms with Gasteiger partial charge in [0, 0.05) is 30.7 Å². The highest BCUT2D eigenvalue weighted by Crippen LogP contribution is 2.12. The number of hydrogen-bond acceptors (Lipinski definition) is 7. The van der Waals surface area contributed by atoms with E-state index in [9.17, 15) is 0 Å². The van der Waals surface area contributed by atoms with Gasteiger partial charge in [0.05, 0.1) is 18.9 Å². The summed E-state index contributed by atoms with van der Waals surface area (Å²) < 4.78 is 11.3. The van der Waals surface area contributed by atoms with E-state index < -0.39 is 0 Å². The summed E-state index contributed by atoms with van der Waals surface area (Å²) >= 11 is 0. The number of pyridine rings is 2. The van der Waals surface area contributed by atoms with Gasteiger partial charge in [0.25, 0.3) is 0 Å². The molecule has 0 aliphatic carbocycles. The third-order valence-electron chi connectivity index (χ3n) is 3.23. The molecule has 2 aromatic rings. The Bertz CT molecular complexity index is 693. The summed E-state index contributed by atoms with van der Waals surface area (Å²) in [4.78, 5) is 7.99. The summed E-state index contributed by atoms with van der Waals surface area (Å²) in [5.41, 5.74) is 10.9. The first-order chi connectivity index (χ1) is 12.7. The van der Waals surface area contributed by atoms with Crippen molar-refractivity contribution in [2.75, 3.05) is 20.3 Å². The lowest BCUT2D eigenvalue weighted by molar-refractivity contribution is 0.279. The molecule has 6 N–H and O–H groups in total. The average Bonchev–Trinajstić information content (AvgIpc) is 2.69. The fourth-order valence-corrected chi connectivity index (χ4v) is 2.01. The number of ether oxygens (including phenoxy) is 2. The molecule has 0 amide bonds. The molecule has 26 heavy (non-hydrogen) atoms. The molecule has 0 unspecified atom stereocenters. The Balaban J connectivity index is 0.00000163. The van der Waals surface area contributed by atoms with Crippen LogP contribution in [0.1, 0.15) is 30.7 Å². The first-order valence-corrected chi connectivity index (χ1v) is 8.29. The topological polar surface area (TPSA) is 144 Å². The molecule has 0 fully saturated rings. The monoisotopic (exact) mass is 358 g/mol. The van der Waals surface area contributed by atoms with Crippen LogP contribution in [0.2, 0.25) is 0 Å². The van der Waals surface area contributed by atoms with E-state index in [1.165, 1.54) is 13.3 Å². The van der Waals surface area contributed by atoms with Crippen molar-refractivity contribution in [2.24, 2.45) is 11.5 Å². The highest BCUT2D eigenvalue weighted by atomic mass is 16.5. The van der Waals surface area contributed by atoms with Gasteiger partial charge in [-0.1, -0.05) is 0 Å². The van der Waals surface area contributed by atoms with Crippen molar-refractivity contribution in [3.05, 3.63) is 48.0 Å². The summed E-state index contributed by atoms with van der Waals surface area (Å²) in [7, 11) is 1.50. The minimum atomic E-state index is -0.0696. The molecule has 0 saturated heterocycles. The molecule has 0 saturated carbocycles. The number of nitrogens with zero attached hydrogens (tertiary/aromatic N) is 2. The van der Waals surface area contributed by atoms with Crippen LogP contribution in [0, 0.1) is 10.8 Å². The zero-order valence-electron chi connectivity index (χ0n) is 14.9. The summed E-state index contributed by atoms with van der Waals surface area (Å²) in [6, 6.07) is 6.94. The zero-order valence-corrected chi connectivity index (χ0v) is 14.9. The van der Waals surface area contributed by atoms with Crippen molar-refractivity contribution in [3.63, 3.8) is 0 Å². The van der Waals surface area contributed by atoms with Crippen molar-refractivity contribution in [1.82, 2.24) is 9.97 Å². The van der Waals surface area contributed by atoms with Crippen LogP contribution in [0.25, 0.3) is 0 Å². The number of hydrogen-bond donors (Lipinski definition) is 4. The van der Waals surface area contributed by atoms with Gasteiger partial charge >= 0.3 is 0 Å². The van der Waals surface area contributed by atoms with Gasteiger partial charge in [-0.2, -0.15) is 0 Å². The SMILES string of the molecule is CN.N=Cc1cc(OCCCCCOc2ccnc(C(=N)N)c2)ccn1. The third-order valence-corrected chi connectivity index (χ3v) is 3.23. The molecule has 0 bridgehead atoms. The maximum Gasteiger partial charge on any atom is 0.141 e. The highest BCUT2D eigenvalue weighted by molar-refractivity contribution is 5.93. The van der Waals surface area contributed by atoms with Crippen LogP contribution in [0.4, 0.5) is 0 Å². The van der Waals surface area contributed by atoms with Crippen molar-refractivity contribution in [1.29, 1.82) is 10.8 Å². The lowest BCUT2D eigenvalue weighted by Gasteiger charge is -2.08. The molecular formula is C18H26N6O2. The second kappa shape index (κ2) is 12.4. The average molecular weight is 358 g/mol. The minimum absolute atomic E-state index is 0.0696. The Morgan fingerprint density at radius 1 is 1.00 bits per heavy atom. The predicted molar refractivity (Wildman–Crippen MR) is 102 cm³/mol. The molecule has 0 radical (unpaired) electrons. The predicted octanol–water partition coefficient (Wildman–Crippen LogP) is 1.96. The third kappa shape index (κ3) is 7.71. The highest BCUT2D eigenvalue weighted by Gasteiger charge is 2.01. The van der Waals surface area contributed by atoms with E-state index in [1.807, 2.05) is 0 Å². The van der Waals surface area contributed by atoms with Crippen molar-refractivity contribution in [3.8, 4) is 11.5 Å². The van der Waals surface area contributed by atoms with Crippen LogP contribution >= 0.6 is 0 Å². The molecule has 2 aromatic heterocycles. The van der Waals surface area contributed by atoms with Crippen LogP contribution in [0.5, 0.6) is 11.5 Å². The molecule has 140 valence electrons. The van der Waals surface area contributed by atoms with Gasteiger partial charge in [0.2, 0.25) is 0 Å². The van der Waals surface area contributed by atoms with E-state index in [-0.39, 0.29) is 5.84 Å². The number of aromatic nitrogens is 2. The normalized spacial score (nSPS) is 9.62. The fraction of sp³-hybridized carbons (Fsp3) is 0.333. The Morgan fingerprint density at radius 3 is 2.15 bits per heavy atom. The second-order valence-corrected chi connectivity index (χ2v) is 5.11. The molecular weight excluding hydrogens is 332 g/mol. The van der Waals surface area contributed by atoms with Gasteiger partial charge in [-0.15, -0.1) is 0 Å². The number of nitrogen functional groups attached to an aromatic ring is 1. The summed E-state index contributed by atoms with van der Waals surface area (Å²) in [6.07, 6.45) is 7.21. The quantitative estimate of drug-likeness (QED) is 0.290. The van der Waals surface area contributed by atoms with E-state index >= 15 is 0 Å². The number of amidine groups is 1. The van der Waals surface area contributed by atoms with Crippen LogP contribution in [0.3, 0.4) is 0 Å². The lowest BCUT2D eigenvalue weighted by Crippen LogP contribution is -2.13. The molecule has 0 aliphatic rings. The molecule has 0 atom stereocenters. The standard InChI is InChI=1S/C17H21N5O2.CH5N/c18-12-13-10-14(4-6-21-13)23-8-2-1-3-9-24-15-5-7-22-16(11-15)17(19)20;1-2/h4-7,10-12,18H,1-3,8-9H2,(H3,19,20);2H2,1H3. The molecule has 8 nitrogen and oxygen atoms in total. The van der Waals surface area contributed by atoms with Crippen molar-refractivity contribution in [2.45, 2.75) is 19.3 Å². The fourth-order valence-electron chi connectivity index (χ4n) is 2.01. The van der Waals surface area contributed by atoms with Crippen LogP contribution in [0.15, 0.2) is 36.7 Å². The van der Waals surface area contributed by atoms with Gasteiger partial charge in [0.15, 0.2) is 0 Å². The Labute approximate surface area is 153 Å². The molecule has 0 aromatic carbocycles. The first-order valence-electron chi connectivity index (χ1n) is 8.29. The second-order valence-electron chi connectivity index (χ2n) is 5.11. The number of nitrogens with one attached hydrogen (secondary N) is 2. The van der Waals surface area contributed by atoms with Crippen molar-refractivity contribution >= 4 is 12.1 Å². The Morgan fingerprint density at radius 2 is 1.58 bits per heavy atom. The molecule has 0 spiro atoms. The van der Waals surface area contributed by atoms with Crippen molar-refractivity contribution < 1.29 is 9.47 Å². The molecule has 2 heterocycles. The smallest absolute Gasteiger partial charge is 0.141 e. The van der Waals surface area contributed by atoms with Gasteiger partial charge in [-0.25, -0.2) is 0 Å². The maximum absolute atomic E-state index is 7.35. The molecule has 2 rings (SSSR count). The van der Waals surface area contributed by atoms with E-state index in [0.717, 1.165) is 25.0 Å². The van der Waals surface area contributed by atoms with E-state index in [0.29, 0.717) is 30.4 Å². The van der Waals surface area contributed by atoms with E-state index in [2.05, 4.69) is 15.7 Å². The Kier molecular flexibility index (Phi) is 10.0. The number of nitrogens with two attached hydrogens (primary N) is 2. The zero-order chi connectivity index (χ0) is 19.2. The van der Waals surface area contributed by atoms with Gasteiger partial charge in [0.1, 0.15) is 23.0 Å². The van der Waals surface area contributed by atoms with E-state index in [4.69, 9.17) is 26.0 Å². The first kappa shape index (κ1) is 21.0. The lowest BCUT2D eigenvalue weighted by atomic mass is 10.2. The number of unbranched alkanes of at least 4 members (excludes halogenated alkanes) is 2. The largest absolute Gasteiger partial charge is 0.493 e. The van der Waals surface area contributed by atoms with E-state index in [1.54, 1.807) is 36.7 Å². The Hall–Kier alpha value is -3.00. The minimum Gasteiger partial charge on any atom is -0.493 e. The number of rotatable bonds is 10.